The van der Waals surface area contributed by atoms with Gasteiger partial charge in [-0.15, -0.1) is 11.3 Å². The number of esters is 1. The average Bonchev–Trinajstić information content (AvgIpc) is 2.48. The molecule has 1 unspecified atom stereocenters. The van der Waals surface area contributed by atoms with E-state index in [2.05, 4.69) is 9.72 Å². The quantitative estimate of drug-likeness (QED) is 0.688. The first-order valence-corrected chi connectivity index (χ1v) is 4.28. The summed E-state index contributed by atoms with van der Waals surface area (Å²) in [6.07, 6.45) is 0. The maximum Gasteiger partial charge on any atom is 0.328 e. The number of ether oxygens (including phenoxy) is 1. The Morgan fingerprint density at radius 1 is 1.83 bits per heavy atom. The van der Waals surface area contributed by atoms with Gasteiger partial charge in [-0.05, 0) is 6.92 Å². The lowest BCUT2D eigenvalue weighted by molar-refractivity contribution is -0.142. The molecule has 5 heteroatoms. The molecule has 4 nitrogen and oxygen atoms in total. The third-order valence-electron chi connectivity index (χ3n) is 1.52. The van der Waals surface area contributed by atoms with Crippen molar-refractivity contribution in [2.75, 3.05) is 7.11 Å². The number of aryl methyl sites for hydroxylation is 1. The largest absolute Gasteiger partial charge is 0.468 e. The third kappa shape index (κ3) is 1.62. The second kappa shape index (κ2) is 3.64. The van der Waals surface area contributed by atoms with Crippen LogP contribution in [0.5, 0.6) is 0 Å². The number of rotatable bonds is 2. The molecule has 1 aromatic rings. The first-order chi connectivity index (χ1) is 5.66. The maximum absolute atomic E-state index is 11.0. The van der Waals surface area contributed by atoms with Crippen LogP contribution in [0.15, 0.2) is 5.51 Å². The van der Waals surface area contributed by atoms with Crippen molar-refractivity contribution in [3.05, 3.63) is 16.1 Å². The van der Waals surface area contributed by atoms with Crippen molar-refractivity contribution >= 4 is 17.3 Å². The fraction of sp³-hybridized carbons (Fsp3) is 0.429. The SMILES string of the molecule is COC(=O)C(N)c1scnc1C. The van der Waals surface area contributed by atoms with Crippen molar-refractivity contribution in [1.82, 2.24) is 4.98 Å². The molecule has 0 aliphatic carbocycles. The molecule has 0 amide bonds. The summed E-state index contributed by atoms with van der Waals surface area (Å²) in [6, 6.07) is -0.692. The molecule has 2 N–H and O–H groups in total. The highest BCUT2D eigenvalue weighted by atomic mass is 32.1. The molecule has 0 radical (unpaired) electrons. The molecule has 0 aromatic carbocycles. The van der Waals surface area contributed by atoms with Gasteiger partial charge in [0.1, 0.15) is 6.04 Å². The molecule has 1 aromatic heterocycles. The molecular weight excluding hydrogens is 176 g/mol. The van der Waals surface area contributed by atoms with Gasteiger partial charge in [0.15, 0.2) is 0 Å². The molecule has 0 spiro atoms. The Morgan fingerprint density at radius 3 is 2.92 bits per heavy atom. The predicted molar refractivity (Wildman–Crippen MR) is 45.8 cm³/mol. The van der Waals surface area contributed by atoms with Crippen molar-refractivity contribution in [1.29, 1.82) is 0 Å². The molecule has 1 rings (SSSR count). The zero-order chi connectivity index (χ0) is 9.14. The summed E-state index contributed by atoms with van der Waals surface area (Å²) in [6.45, 7) is 1.81. The Hall–Kier alpha value is -0.940. The second-order valence-electron chi connectivity index (χ2n) is 2.30. The first-order valence-electron chi connectivity index (χ1n) is 3.40. The normalized spacial score (nSPS) is 12.6. The lowest BCUT2D eigenvalue weighted by atomic mass is 10.2. The lowest BCUT2D eigenvalue weighted by Gasteiger charge is -2.06. The number of carbonyl (C=O) groups excluding carboxylic acids is 1. The summed E-state index contributed by atoms with van der Waals surface area (Å²) < 4.78 is 4.51. The molecule has 0 fully saturated rings. The standard InChI is InChI=1S/C7H10N2O2S/c1-4-6(12-3-9-4)5(8)7(10)11-2/h3,5H,8H2,1-2H3. The van der Waals surface area contributed by atoms with E-state index in [1.807, 2.05) is 6.92 Å². The third-order valence-corrected chi connectivity index (χ3v) is 2.53. The number of thiazole rings is 1. The Balaban J connectivity index is 2.84. The van der Waals surface area contributed by atoms with Gasteiger partial charge in [-0.1, -0.05) is 0 Å². The van der Waals surface area contributed by atoms with E-state index >= 15 is 0 Å². The highest BCUT2D eigenvalue weighted by molar-refractivity contribution is 7.10. The van der Waals surface area contributed by atoms with Crippen LogP contribution in [-0.4, -0.2) is 18.1 Å². The smallest absolute Gasteiger partial charge is 0.328 e. The molecule has 0 aliphatic heterocycles. The summed E-state index contributed by atoms with van der Waals surface area (Å²) in [5.74, 6) is -0.428. The van der Waals surface area contributed by atoms with Gasteiger partial charge in [-0.25, -0.2) is 9.78 Å². The number of carbonyl (C=O) groups is 1. The van der Waals surface area contributed by atoms with Gasteiger partial charge in [0.05, 0.1) is 23.2 Å². The Morgan fingerprint density at radius 2 is 2.50 bits per heavy atom. The summed E-state index contributed by atoms with van der Waals surface area (Å²) in [4.78, 5) is 15.7. The Bertz CT molecular complexity index is 285. The first kappa shape index (κ1) is 9.15. The van der Waals surface area contributed by atoms with Crippen molar-refractivity contribution in [2.45, 2.75) is 13.0 Å². The highest BCUT2D eigenvalue weighted by Crippen LogP contribution is 2.20. The van der Waals surface area contributed by atoms with Crippen LogP contribution in [0.1, 0.15) is 16.6 Å². The van der Waals surface area contributed by atoms with Crippen molar-refractivity contribution in [3.8, 4) is 0 Å². The molecule has 1 atom stereocenters. The van der Waals surface area contributed by atoms with Gasteiger partial charge in [0.2, 0.25) is 0 Å². The van der Waals surface area contributed by atoms with E-state index in [1.54, 1.807) is 5.51 Å². The molecule has 0 saturated carbocycles. The number of nitrogens with two attached hydrogens (primary N) is 1. The number of aromatic nitrogens is 1. The summed E-state index contributed by atoms with van der Waals surface area (Å²) >= 11 is 1.36. The van der Waals surface area contributed by atoms with Crippen molar-refractivity contribution < 1.29 is 9.53 Å². The fourth-order valence-corrected chi connectivity index (χ4v) is 1.63. The summed E-state index contributed by atoms with van der Waals surface area (Å²) in [5.41, 5.74) is 8.04. The number of hydrogen-bond acceptors (Lipinski definition) is 5. The molecular formula is C7H10N2O2S. The van der Waals surface area contributed by atoms with E-state index in [1.165, 1.54) is 18.4 Å². The van der Waals surface area contributed by atoms with Gasteiger partial charge in [-0.3, -0.25) is 0 Å². The van der Waals surface area contributed by atoms with E-state index in [4.69, 9.17) is 5.73 Å². The highest BCUT2D eigenvalue weighted by Gasteiger charge is 2.19. The topological polar surface area (TPSA) is 65.2 Å². The minimum Gasteiger partial charge on any atom is -0.468 e. The fourth-order valence-electron chi connectivity index (χ4n) is 0.843. The minimum absolute atomic E-state index is 0.428. The van der Waals surface area contributed by atoms with E-state index in [0.717, 1.165) is 10.6 Å². The van der Waals surface area contributed by atoms with Crippen LogP contribution in [0.3, 0.4) is 0 Å². The lowest BCUT2D eigenvalue weighted by Crippen LogP contribution is -2.22. The van der Waals surface area contributed by atoms with E-state index in [9.17, 15) is 4.79 Å². The minimum atomic E-state index is -0.692. The van der Waals surface area contributed by atoms with E-state index in [0.29, 0.717) is 0 Å². The van der Waals surface area contributed by atoms with Crippen molar-refractivity contribution in [2.24, 2.45) is 5.73 Å². The zero-order valence-electron chi connectivity index (χ0n) is 6.90. The van der Waals surface area contributed by atoms with Gasteiger partial charge >= 0.3 is 5.97 Å². The average molecular weight is 186 g/mol. The van der Waals surface area contributed by atoms with Crippen molar-refractivity contribution in [3.63, 3.8) is 0 Å². The molecule has 66 valence electrons. The van der Waals surface area contributed by atoms with Gasteiger partial charge in [0, 0.05) is 0 Å². The van der Waals surface area contributed by atoms with E-state index < -0.39 is 12.0 Å². The number of methoxy groups -OCH3 is 1. The second-order valence-corrected chi connectivity index (χ2v) is 3.19. The van der Waals surface area contributed by atoms with Crippen LogP contribution in [0.25, 0.3) is 0 Å². The molecule has 0 saturated heterocycles. The van der Waals surface area contributed by atoms with Crippen LogP contribution in [-0.2, 0) is 9.53 Å². The van der Waals surface area contributed by atoms with Gasteiger partial charge in [-0.2, -0.15) is 0 Å². The van der Waals surface area contributed by atoms with Crippen LogP contribution in [0, 0.1) is 6.92 Å². The summed E-state index contributed by atoms with van der Waals surface area (Å²) in [5, 5.41) is 0. The maximum atomic E-state index is 11.0. The molecule has 12 heavy (non-hydrogen) atoms. The number of hydrogen-bond donors (Lipinski definition) is 1. The monoisotopic (exact) mass is 186 g/mol. The van der Waals surface area contributed by atoms with Crippen LogP contribution < -0.4 is 5.73 Å². The van der Waals surface area contributed by atoms with Crippen LogP contribution >= 0.6 is 11.3 Å². The van der Waals surface area contributed by atoms with E-state index in [-0.39, 0.29) is 0 Å². The van der Waals surface area contributed by atoms with Crippen LogP contribution in [0.2, 0.25) is 0 Å². The Kier molecular flexibility index (Phi) is 2.78. The Labute approximate surface area is 74.4 Å². The van der Waals surface area contributed by atoms with Gasteiger partial charge < -0.3 is 10.5 Å². The van der Waals surface area contributed by atoms with Gasteiger partial charge in [0.25, 0.3) is 0 Å². The summed E-state index contributed by atoms with van der Waals surface area (Å²) in [7, 11) is 1.32. The zero-order valence-corrected chi connectivity index (χ0v) is 7.72. The predicted octanol–water partition coefficient (Wildman–Crippen LogP) is 0.624. The number of nitrogens with zero attached hydrogens (tertiary/aromatic N) is 1. The molecule has 0 aliphatic rings. The molecule has 0 bridgehead atoms. The molecule has 1 heterocycles. The van der Waals surface area contributed by atoms with Crippen LogP contribution in [0.4, 0.5) is 0 Å².